The van der Waals surface area contributed by atoms with Gasteiger partial charge in [0.25, 0.3) is 5.91 Å². The number of hydrogen-bond donors (Lipinski definition) is 1. The Morgan fingerprint density at radius 3 is 2.61 bits per heavy atom. The van der Waals surface area contributed by atoms with Crippen LogP contribution in [0.5, 0.6) is 0 Å². The molecule has 1 amide bonds. The highest BCUT2D eigenvalue weighted by molar-refractivity contribution is 6.33. The summed E-state index contributed by atoms with van der Waals surface area (Å²) >= 11 is 12.8. The van der Waals surface area contributed by atoms with Crippen molar-refractivity contribution in [1.82, 2.24) is 20.1 Å². The zero-order chi connectivity index (χ0) is 25.2. The van der Waals surface area contributed by atoms with E-state index in [4.69, 9.17) is 28.2 Å². The van der Waals surface area contributed by atoms with E-state index in [1.165, 1.54) is 0 Å². The fourth-order valence-corrected chi connectivity index (χ4v) is 6.24. The van der Waals surface area contributed by atoms with E-state index in [0.717, 1.165) is 93.4 Å². The number of nitrogens with one attached hydrogen (secondary N) is 1. The van der Waals surface area contributed by atoms with E-state index < -0.39 is 0 Å². The highest BCUT2D eigenvalue weighted by atomic mass is 35.5. The Labute approximate surface area is 223 Å². The summed E-state index contributed by atoms with van der Waals surface area (Å²) < 4.78 is 0. The maximum Gasteiger partial charge on any atom is 0.254 e. The maximum absolute atomic E-state index is 13.1. The molecular formula is C27H34Cl2N6O. The van der Waals surface area contributed by atoms with Crippen molar-refractivity contribution in [2.24, 2.45) is 4.99 Å². The number of piperidine rings is 1. The van der Waals surface area contributed by atoms with Crippen LogP contribution in [0.4, 0.5) is 5.82 Å². The van der Waals surface area contributed by atoms with Crippen molar-refractivity contribution in [2.75, 3.05) is 50.7 Å². The van der Waals surface area contributed by atoms with E-state index in [0.29, 0.717) is 22.1 Å². The first kappa shape index (κ1) is 25.3. The number of amidine groups is 1. The lowest BCUT2D eigenvalue weighted by molar-refractivity contribution is 0.0490. The molecule has 192 valence electrons. The first-order chi connectivity index (χ1) is 17.4. The molecule has 0 saturated carbocycles. The van der Waals surface area contributed by atoms with Crippen molar-refractivity contribution in [3.05, 3.63) is 57.2 Å². The molecule has 0 radical (unpaired) electrons. The topological polar surface area (TPSA) is 64.1 Å². The van der Waals surface area contributed by atoms with Crippen LogP contribution in [0.15, 0.2) is 35.5 Å². The minimum absolute atomic E-state index is 0.113. The van der Waals surface area contributed by atoms with E-state index >= 15 is 0 Å². The second-order valence-electron chi connectivity index (χ2n) is 9.92. The highest BCUT2D eigenvalue weighted by Crippen LogP contribution is 2.30. The molecule has 5 rings (SSSR count). The molecule has 36 heavy (non-hydrogen) atoms. The Balaban J connectivity index is 1.20. The van der Waals surface area contributed by atoms with E-state index in [1.54, 1.807) is 6.07 Å². The molecule has 3 aliphatic rings. The molecule has 1 N–H and O–H groups in total. The van der Waals surface area contributed by atoms with E-state index in [-0.39, 0.29) is 5.91 Å². The van der Waals surface area contributed by atoms with Gasteiger partial charge in [0.1, 0.15) is 11.7 Å². The van der Waals surface area contributed by atoms with E-state index in [1.807, 2.05) is 36.2 Å². The first-order valence-corrected chi connectivity index (χ1v) is 13.7. The Morgan fingerprint density at radius 1 is 1.14 bits per heavy atom. The van der Waals surface area contributed by atoms with Crippen LogP contribution in [-0.4, -0.2) is 84.4 Å². The van der Waals surface area contributed by atoms with Crippen molar-refractivity contribution in [2.45, 2.75) is 45.2 Å². The number of hydrogen-bond acceptors (Lipinski definition) is 6. The fraction of sp³-hybridized carbons (Fsp3) is 0.519. The average Bonchev–Trinajstić information content (AvgIpc) is 3.43. The zero-order valence-electron chi connectivity index (χ0n) is 21.0. The van der Waals surface area contributed by atoms with Gasteiger partial charge in [0.15, 0.2) is 0 Å². The quantitative estimate of drug-likeness (QED) is 0.628. The number of pyridine rings is 1. The summed E-state index contributed by atoms with van der Waals surface area (Å²) in [7, 11) is 0. The zero-order valence-corrected chi connectivity index (χ0v) is 22.5. The minimum Gasteiger partial charge on any atom is -0.368 e. The summed E-state index contributed by atoms with van der Waals surface area (Å²) in [6, 6.07) is 8.41. The molecular weight excluding hydrogens is 495 g/mol. The van der Waals surface area contributed by atoms with Gasteiger partial charge in [-0.15, -0.1) is 0 Å². The fourth-order valence-electron chi connectivity index (χ4n) is 5.73. The largest absolute Gasteiger partial charge is 0.368 e. The third-order valence-corrected chi connectivity index (χ3v) is 8.22. The van der Waals surface area contributed by atoms with E-state index in [2.05, 4.69) is 27.0 Å². The number of carbonyl (C=O) groups is 1. The predicted octanol–water partition coefficient (Wildman–Crippen LogP) is 4.25. The summed E-state index contributed by atoms with van der Waals surface area (Å²) in [5.74, 6) is 1.85. The first-order valence-electron chi connectivity index (χ1n) is 12.9. The average molecular weight is 530 g/mol. The standard InChI is InChI=1S/C27H34Cl2N6O/c1-3-21-17-34(26-24(29)15-19(16-32-26)25-30-8-9-31-25)12-13-35(21)22-6-10-33(11-7-22)27(36)23-5-4-20(28)14-18(23)2/h4-5,14-16,21-22H,3,6-13,17H2,1-2H3,(H,30,31). The van der Waals surface area contributed by atoms with Crippen molar-refractivity contribution in [3.8, 4) is 0 Å². The molecule has 1 aromatic carbocycles. The number of anilines is 1. The molecule has 9 heteroatoms. The molecule has 3 aliphatic heterocycles. The number of likely N-dealkylation sites (tertiary alicyclic amines) is 1. The van der Waals surface area contributed by atoms with Gasteiger partial charge in [0.2, 0.25) is 0 Å². The number of nitrogens with zero attached hydrogens (tertiary/aromatic N) is 5. The third-order valence-electron chi connectivity index (χ3n) is 7.71. The van der Waals surface area contributed by atoms with Gasteiger partial charge in [-0.2, -0.15) is 0 Å². The number of aryl methyl sites for hydroxylation is 1. The number of aliphatic imine (C=N–C) groups is 1. The molecule has 0 bridgehead atoms. The highest BCUT2D eigenvalue weighted by Gasteiger charge is 2.35. The van der Waals surface area contributed by atoms with Crippen LogP contribution >= 0.6 is 23.2 Å². The smallest absolute Gasteiger partial charge is 0.254 e. The van der Waals surface area contributed by atoms with Gasteiger partial charge in [-0.3, -0.25) is 14.7 Å². The van der Waals surface area contributed by atoms with Crippen LogP contribution in [0, 0.1) is 6.92 Å². The third kappa shape index (κ3) is 5.20. The second kappa shape index (κ2) is 11.0. The van der Waals surface area contributed by atoms with Crippen molar-refractivity contribution >= 4 is 40.8 Å². The number of piperazine rings is 1. The van der Waals surface area contributed by atoms with Crippen molar-refractivity contribution in [1.29, 1.82) is 0 Å². The van der Waals surface area contributed by atoms with Crippen LogP contribution in [0.25, 0.3) is 0 Å². The lowest BCUT2D eigenvalue weighted by atomic mass is 9.97. The van der Waals surface area contributed by atoms with Gasteiger partial charge in [0.05, 0.1) is 11.6 Å². The van der Waals surface area contributed by atoms with Crippen LogP contribution in [0.2, 0.25) is 10.0 Å². The summed E-state index contributed by atoms with van der Waals surface area (Å²) in [6.07, 6.45) is 4.94. The second-order valence-corrected chi connectivity index (χ2v) is 10.8. The van der Waals surface area contributed by atoms with Crippen LogP contribution in [-0.2, 0) is 0 Å². The van der Waals surface area contributed by atoms with Crippen LogP contribution in [0.3, 0.4) is 0 Å². The Hall–Kier alpha value is -2.35. The number of rotatable bonds is 5. The Kier molecular flexibility index (Phi) is 7.70. The summed E-state index contributed by atoms with van der Waals surface area (Å²) in [6.45, 7) is 10.2. The number of halogens is 2. The monoisotopic (exact) mass is 528 g/mol. The molecule has 1 atom stereocenters. The molecule has 2 aromatic rings. The molecule has 7 nitrogen and oxygen atoms in total. The molecule has 1 aromatic heterocycles. The predicted molar refractivity (Wildman–Crippen MR) is 147 cm³/mol. The summed E-state index contributed by atoms with van der Waals surface area (Å²) in [4.78, 5) is 29.3. The number of benzene rings is 1. The summed E-state index contributed by atoms with van der Waals surface area (Å²) in [5.41, 5.74) is 2.63. The van der Waals surface area contributed by atoms with Crippen molar-refractivity contribution < 1.29 is 4.79 Å². The maximum atomic E-state index is 13.1. The van der Waals surface area contributed by atoms with Gasteiger partial charge < -0.3 is 15.1 Å². The minimum atomic E-state index is 0.113. The lowest BCUT2D eigenvalue weighted by Crippen LogP contribution is -2.58. The molecule has 2 saturated heterocycles. The Morgan fingerprint density at radius 2 is 1.94 bits per heavy atom. The molecule has 2 fully saturated rings. The molecule has 4 heterocycles. The lowest BCUT2D eigenvalue weighted by Gasteiger charge is -2.47. The number of amides is 1. The SMILES string of the molecule is CCC1CN(c2ncc(C3=NCCN3)cc2Cl)CCN1C1CCN(C(=O)c2ccc(Cl)cc2C)CC1. The Bertz CT molecular complexity index is 1150. The number of aromatic nitrogens is 1. The summed E-state index contributed by atoms with van der Waals surface area (Å²) in [5, 5.41) is 4.63. The van der Waals surface area contributed by atoms with Crippen LogP contribution < -0.4 is 10.2 Å². The van der Waals surface area contributed by atoms with Crippen LogP contribution in [0.1, 0.15) is 47.7 Å². The van der Waals surface area contributed by atoms with Gasteiger partial charge >= 0.3 is 0 Å². The molecule has 0 spiro atoms. The van der Waals surface area contributed by atoms with Crippen molar-refractivity contribution in [3.63, 3.8) is 0 Å². The molecule has 1 unspecified atom stereocenters. The van der Waals surface area contributed by atoms with Gasteiger partial charge in [-0.05, 0) is 56.0 Å². The molecule has 0 aliphatic carbocycles. The van der Waals surface area contributed by atoms with Gasteiger partial charge in [-0.1, -0.05) is 30.1 Å². The van der Waals surface area contributed by atoms with Gasteiger partial charge in [0, 0.05) is 73.7 Å². The van der Waals surface area contributed by atoms with E-state index in [9.17, 15) is 4.79 Å². The van der Waals surface area contributed by atoms with Gasteiger partial charge in [-0.25, -0.2) is 4.98 Å². The normalized spacial score (nSPS) is 21.4. The number of carbonyl (C=O) groups excluding carboxylic acids is 1.